The lowest BCUT2D eigenvalue weighted by Crippen LogP contribution is -2.18. The van der Waals surface area contributed by atoms with Gasteiger partial charge in [0.1, 0.15) is 0 Å². The second-order valence-corrected chi connectivity index (χ2v) is 6.81. The zero-order valence-corrected chi connectivity index (χ0v) is 15.1. The van der Waals surface area contributed by atoms with Crippen LogP contribution in [-0.2, 0) is 6.42 Å². The number of rotatable bonds is 8. The predicted octanol–water partition coefficient (Wildman–Crippen LogP) is 3.15. The summed E-state index contributed by atoms with van der Waals surface area (Å²) in [5, 5.41) is 28.5. The Bertz CT molecular complexity index is 635. The van der Waals surface area contributed by atoms with Crippen LogP contribution in [0, 0.1) is 6.92 Å². The standard InChI is InChI=1S/C19H29N3O2/c1-5-16(23)12-17(24)10-11-18-19(13(2)3)20-21-22(18)15-8-6-14(4)7-9-15/h6-9,13,16-17,23-24H,5,10-12H2,1-4H3. The molecule has 0 aliphatic heterocycles. The number of aryl methyl sites for hydroxylation is 1. The lowest BCUT2D eigenvalue weighted by molar-refractivity contribution is 0.0736. The largest absolute Gasteiger partial charge is 0.393 e. The number of aliphatic hydroxyl groups excluding tert-OH is 2. The molecule has 0 saturated carbocycles. The summed E-state index contributed by atoms with van der Waals surface area (Å²) in [4.78, 5) is 0. The summed E-state index contributed by atoms with van der Waals surface area (Å²) in [6.45, 7) is 8.18. The molecule has 2 unspecified atom stereocenters. The van der Waals surface area contributed by atoms with Gasteiger partial charge in [0.2, 0.25) is 0 Å². The van der Waals surface area contributed by atoms with Gasteiger partial charge in [-0.05, 0) is 50.7 Å². The average Bonchev–Trinajstić information content (AvgIpc) is 2.97. The molecule has 0 radical (unpaired) electrons. The van der Waals surface area contributed by atoms with E-state index in [1.54, 1.807) is 0 Å². The first-order chi connectivity index (χ1) is 11.4. The Labute approximate surface area is 144 Å². The summed E-state index contributed by atoms with van der Waals surface area (Å²) in [5.41, 5.74) is 4.20. The molecule has 24 heavy (non-hydrogen) atoms. The van der Waals surface area contributed by atoms with Crippen molar-refractivity contribution in [2.24, 2.45) is 0 Å². The van der Waals surface area contributed by atoms with E-state index in [0.717, 1.165) is 17.1 Å². The highest BCUT2D eigenvalue weighted by Crippen LogP contribution is 2.22. The zero-order chi connectivity index (χ0) is 17.7. The monoisotopic (exact) mass is 331 g/mol. The molecule has 0 amide bonds. The van der Waals surface area contributed by atoms with E-state index in [1.807, 2.05) is 23.7 Å². The molecule has 132 valence electrons. The van der Waals surface area contributed by atoms with Gasteiger partial charge >= 0.3 is 0 Å². The van der Waals surface area contributed by atoms with E-state index in [4.69, 9.17) is 0 Å². The number of hydrogen-bond acceptors (Lipinski definition) is 4. The third kappa shape index (κ3) is 4.65. The molecule has 0 saturated heterocycles. The van der Waals surface area contributed by atoms with E-state index >= 15 is 0 Å². The van der Waals surface area contributed by atoms with E-state index in [0.29, 0.717) is 25.7 Å². The Morgan fingerprint density at radius 3 is 2.33 bits per heavy atom. The van der Waals surface area contributed by atoms with E-state index in [9.17, 15) is 10.2 Å². The van der Waals surface area contributed by atoms with Gasteiger partial charge in [0.05, 0.1) is 29.3 Å². The molecule has 5 nitrogen and oxygen atoms in total. The van der Waals surface area contributed by atoms with Crippen molar-refractivity contribution in [3.05, 3.63) is 41.2 Å². The van der Waals surface area contributed by atoms with Crippen molar-refractivity contribution >= 4 is 0 Å². The van der Waals surface area contributed by atoms with Gasteiger partial charge in [-0.3, -0.25) is 0 Å². The molecule has 2 atom stereocenters. The van der Waals surface area contributed by atoms with E-state index in [1.165, 1.54) is 5.56 Å². The third-order valence-electron chi connectivity index (χ3n) is 4.35. The lowest BCUT2D eigenvalue weighted by atomic mass is 10.0. The Balaban J connectivity index is 2.20. The van der Waals surface area contributed by atoms with Crippen LogP contribution in [0.3, 0.4) is 0 Å². The minimum Gasteiger partial charge on any atom is -0.393 e. The molecule has 5 heteroatoms. The summed E-state index contributed by atoms with van der Waals surface area (Å²) in [6, 6.07) is 8.19. The van der Waals surface area contributed by atoms with Gasteiger partial charge in [-0.15, -0.1) is 5.10 Å². The van der Waals surface area contributed by atoms with Crippen LogP contribution in [0.4, 0.5) is 0 Å². The van der Waals surface area contributed by atoms with Gasteiger partial charge in [-0.2, -0.15) is 0 Å². The summed E-state index contributed by atoms with van der Waals surface area (Å²) in [5.74, 6) is 0.276. The molecule has 0 aliphatic rings. The van der Waals surface area contributed by atoms with Crippen molar-refractivity contribution < 1.29 is 10.2 Å². The van der Waals surface area contributed by atoms with E-state index in [2.05, 4.69) is 43.2 Å². The second kappa shape index (κ2) is 8.40. The second-order valence-electron chi connectivity index (χ2n) is 6.81. The summed E-state index contributed by atoms with van der Waals surface area (Å²) in [6.07, 6.45) is 1.41. The fourth-order valence-electron chi connectivity index (χ4n) is 2.79. The Morgan fingerprint density at radius 1 is 1.08 bits per heavy atom. The maximum Gasteiger partial charge on any atom is 0.0889 e. The maximum atomic E-state index is 10.2. The highest BCUT2D eigenvalue weighted by atomic mass is 16.3. The number of aromatic nitrogens is 3. The summed E-state index contributed by atoms with van der Waals surface area (Å²) in [7, 11) is 0. The molecular weight excluding hydrogens is 302 g/mol. The van der Waals surface area contributed by atoms with Crippen molar-refractivity contribution in [1.82, 2.24) is 15.0 Å². The molecule has 2 aromatic rings. The zero-order valence-electron chi connectivity index (χ0n) is 15.1. The van der Waals surface area contributed by atoms with Gasteiger partial charge in [0, 0.05) is 0 Å². The first kappa shape index (κ1) is 18.6. The van der Waals surface area contributed by atoms with Crippen molar-refractivity contribution in [2.75, 3.05) is 0 Å². The Kier molecular flexibility index (Phi) is 6.52. The molecule has 0 fully saturated rings. The van der Waals surface area contributed by atoms with Crippen molar-refractivity contribution in [1.29, 1.82) is 0 Å². The molecule has 2 rings (SSSR count). The van der Waals surface area contributed by atoms with Gasteiger partial charge in [0.25, 0.3) is 0 Å². The SMILES string of the molecule is CCC(O)CC(O)CCc1c(C(C)C)nnn1-c1ccc(C)cc1. The van der Waals surface area contributed by atoms with Gasteiger partial charge in [-0.25, -0.2) is 4.68 Å². The van der Waals surface area contributed by atoms with Gasteiger partial charge in [0.15, 0.2) is 0 Å². The topological polar surface area (TPSA) is 71.2 Å². The van der Waals surface area contributed by atoms with Gasteiger partial charge in [-0.1, -0.05) is 43.7 Å². The normalized spacial score (nSPS) is 14.1. The Morgan fingerprint density at radius 2 is 1.75 bits per heavy atom. The molecule has 1 heterocycles. The van der Waals surface area contributed by atoms with E-state index in [-0.39, 0.29) is 5.92 Å². The predicted molar refractivity (Wildman–Crippen MR) is 95.4 cm³/mol. The number of hydrogen-bond donors (Lipinski definition) is 2. The van der Waals surface area contributed by atoms with Crippen LogP contribution >= 0.6 is 0 Å². The van der Waals surface area contributed by atoms with Crippen molar-refractivity contribution in [3.63, 3.8) is 0 Å². The molecule has 0 spiro atoms. The number of aliphatic hydroxyl groups is 2. The molecular formula is C19H29N3O2. The van der Waals surface area contributed by atoms with Crippen LogP contribution in [0.5, 0.6) is 0 Å². The van der Waals surface area contributed by atoms with Crippen LogP contribution in [0.15, 0.2) is 24.3 Å². The van der Waals surface area contributed by atoms with Crippen molar-refractivity contribution in [2.45, 2.75) is 71.5 Å². The van der Waals surface area contributed by atoms with Crippen LogP contribution < -0.4 is 0 Å². The maximum absolute atomic E-state index is 10.2. The average molecular weight is 331 g/mol. The highest BCUT2D eigenvalue weighted by Gasteiger charge is 2.19. The summed E-state index contributed by atoms with van der Waals surface area (Å²) < 4.78 is 1.87. The third-order valence-corrected chi connectivity index (χ3v) is 4.35. The molecule has 0 aliphatic carbocycles. The fourth-order valence-corrected chi connectivity index (χ4v) is 2.79. The summed E-state index contributed by atoms with van der Waals surface area (Å²) >= 11 is 0. The minimum absolute atomic E-state index is 0.276. The molecule has 0 bridgehead atoms. The lowest BCUT2D eigenvalue weighted by Gasteiger charge is -2.15. The minimum atomic E-state index is -0.513. The first-order valence-corrected chi connectivity index (χ1v) is 8.80. The Hall–Kier alpha value is -1.72. The van der Waals surface area contributed by atoms with Crippen LogP contribution in [0.25, 0.3) is 5.69 Å². The molecule has 1 aromatic carbocycles. The van der Waals surface area contributed by atoms with Crippen LogP contribution in [-0.4, -0.2) is 37.4 Å². The van der Waals surface area contributed by atoms with Gasteiger partial charge < -0.3 is 10.2 Å². The smallest absolute Gasteiger partial charge is 0.0889 e. The van der Waals surface area contributed by atoms with Crippen LogP contribution in [0.1, 0.15) is 62.9 Å². The molecule has 2 N–H and O–H groups in total. The number of nitrogens with zero attached hydrogens (tertiary/aromatic N) is 3. The highest BCUT2D eigenvalue weighted by molar-refractivity contribution is 5.36. The quantitative estimate of drug-likeness (QED) is 0.779. The number of benzene rings is 1. The fraction of sp³-hybridized carbons (Fsp3) is 0.579. The molecule has 1 aromatic heterocycles. The first-order valence-electron chi connectivity index (χ1n) is 8.80. The van der Waals surface area contributed by atoms with E-state index < -0.39 is 12.2 Å². The van der Waals surface area contributed by atoms with Crippen LogP contribution in [0.2, 0.25) is 0 Å². The van der Waals surface area contributed by atoms with Crippen molar-refractivity contribution in [3.8, 4) is 5.69 Å².